The number of carboxylic acid groups (broad SMARTS) is 1. The molecule has 0 bridgehead atoms. The van der Waals surface area contributed by atoms with Crippen LogP contribution in [0.4, 0.5) is 13.2 Å². The molecule has 2 atom stereocenters. The van der Waals surface area contributed by atoms with Crippen LogP contribution in [0.25, 0.3) is 16.7 Å². The number of nitrogens with one attached hydrogen (secondary N) is 1. The number of carboxylic acids is 1. The number of nitrogens with zero attached hydrogens (tertiary/aromatic N) is 1. The van der Waals surface area contributed by atoms with Crippen LogP contribution in [-0.4, -0.2) is 47.6 Å². The fraction of sp³-hybridized carbons (Fsp3) is 0.351. The highest BCUT2D eigenvalue weighted by molar-refractivity contribution is 6.01. The molecule has 5 nitrogen and oxygen atoms in total. The van der Waals surface area contributed by atoms with E-state index in [2.05, 4.69) is 22.4 Å². The maximum absolute atomic E-state index is 13.3. The summed E-state index contributed by atoms with van der Waals surface area (Å²) in [6, 6.07) is 19.8. The number of halogens is 3. The van der Waals surface area contributed by atoms with Crippen LogP contribution in [0.15, 0.2) is 91.0 Å². The van der Waals surface area contributed by atoms with Crippen LogP contribution >= 0.6 is 0 Å². The molecule has 8 heteroatoms. The SMILES string of the molecule is O=C(NC1CCN(CCCCC2(C(=O)O)c3ccccc3C3=CC=CCC32)CC1)c1ccccc1-c1ccc(C(F)(F)F)cc1. The molecule has 6 rings (SSSR count). The van der Waals surface area contributed by atoms with Crippen molar-refractivity contribution in [3.8, 4) is 11.1 Å². The second-order valence-electron chi connectivity index (χ2n) is 12.3. The van der Waals surface area contributed by atoms with E-state index in [1.54, 1.807) is 24.3 Å². The smallest absolute Gasteiger partial charge is 0.416 e. The summed E-state index contributed by atoms with van der Waals surface area (Å²) in [6.07, 6.45) is 6.41. The maximum atomic E-state index is 13.3. The van der Waals surface area contributed by atoms with E-state index in [1.165, 1.54) is 12.1 Å². The van der Waals surface area contributed by atoms with Crippen molar-refractivity contribution in [2.24, 2.45) is 5.92 Å². The van der Waals surface area contributed by atoms with E-state index in [1.807, 2.05) is 30.3 Å². The molecule has 1 fully saturated rings. The van der Waals surface area contributed by atoms with Gasteiger partial charge in [-0.15, -0.1) is 0 Å². The highest BCUT2D eigenvalue weighted by Gasteiger charge is 2.54. The number of hydrogen-bond donors (Lipinski definition) is 2. The topological polar surface area (TPSA) is 69.6 Å². The molecule has 3 aliphatic rings. The van der Waals surface area contributed by atoms with Crippen molar-refractivity contribution in [2.45, 2.75) is 56.2 Å². The van der Waals surface area contributed by atoms with Crippen molar-refractivity contribution in [1.82, 2.24) is 10.2 Å². The summed E-state index contributed by atoms with van der Waals surface area (Å²) in [5.74, 6) is -1.01. The number of carbonyl (C=O) groups excluding carboxylic acids is 1. The number of allylic oxidation sites excluding steroid dienone is 4. The standard InChI is InChI=1S/C37H37F3N2O3/c38-37(39,40)26-17-15-25(16-18-26)28-9-1-2-12-31(28)34(43)41-27-19-23-42(24-20-27)22-8-7-21-36(35(44)45)32-13-5-3-10-29(32)30-11-4-6-14-33(30)36/h1-6,9-13,15-18,27,33H,7-8,14,19-24H2,(H,41,43)(H,44,45). The van der Waals surface area contributed by atoms with Crippen molar-refractivity contribution in [2.75, 3.05) is 19.6 Å². The lowest BCUT2D eigenvalue weighted by atomic mass is 9.68. The Labute approximate surface area is 261 Å². The second kappa shape index (κ2) is 12.7. The molecule has 2 aliphatic carbocycles. The third-order valence-corrected chi connectivity index (χ3v) is 9.77. The van der Waals surface area contributed by atoms with Crippen LogP contribution in [0.2, 0.25) is 0 Å². The number of alkyl halides is 3. The predicted octanol–water partition coefficient (Wildman–Crippen LogP) is 7.73. The Morgan fingerprint density at radius 1 is 0.911 bits per heavy atom. The van der Waals surface area contributed by atoms with Crippen LogP contribution < -0.4 is 5.32 Å². The monoisotopic (exact) mass is 614 g/mol. The molecule has 234 valence electrons. The highest BCUT2D eigenvalue weighted by Crippen LogP contribution is 2.55. The van der Waals surface area contributed by atoms with Crippen LogP contribution in [0.1, 0.15) is 65.6 Å². The van der Waals surface area contributed by atoms with E-state index in [0.717, 1.165) is 80.6 Å². The van der Waals surface area contributed by atoms with E-state index < -0.39 is 23.1 Å². The Balaban J connectivity index is 1.01. The van der Waals surface area contributed by atoms with Crippen LogP contribution in [0, 0.1) is 5.92 Å². The molecule has 1 aliphatic heterocycles. The number of benzene rings is 3. The molecular weight excluding hydrogens is 577 g/mol. The number of carbonyl (C=O) groups is 2. The summed E-state index contributed by atoms with van der Waals surface area (Å²) < 4.78 is 39.1. The molecule has 2 unspecified atom stereocenters. The van der Waals surface area contributed by atoms with Gasteiger partial charge in [-0.25, -0.2) is 0 Å². The summed E-state index contributed by atoms with van der Waals surface area (Å²) >= 11 is 0. The lowest BCUT2D eigenvalue weighted by molar-refractivity contribution is -0.145. The van der Waals surface area contributed by atoms with Crippen molar-refractivity contribution in [3.05, 3.63) is 113 Å². The Bertz CT molecular complexity index is 1620. The molecule has 3 aromatic carbocycles. The Morgan fingerprint density at radius 3 is 2.31 bits per heavy atom. The van der Waals surface area contributed by atoms with Gasteiger partial charge in [0.1, 0.15) is 5.41 Å². The summed E-state index contributed by atoms with van der Waals surface area (Å²) in [5.41, 5.74) is 3.11. The fourth-order valence-electron chi connectivity index (χ4n) is 7.44. The molecule has 3 aromatic rings. The summed E-state index contributed by atoms with van der Waals surface area (Å²) in [4.78, 5) is 28.5. The minimum Gasteiger partial charge on any atom is -0.481 e. The zero-order valence-corrected chi connectivity index (χ0v) is 25.0. The quantitative estimate of drug-likeness (QED) is 0.242. The summed E-state index contributed by atoms with van der Waals surface area (Å²) in [7, 11) is 0. The molecule has 1 heterocycles. The van der Waals surface area contributed by atoms with Gasteiger partial charge in [-0.2, -0.15) is 13.2 Å². The van der Waals surface area contributed by atoms with Gasteiger partial charge in [0.15, 0.2) is 0 Å². The van der Waals surface area contributed by atoms with Crippen molar-refractivity contribution >= 4 is 17.4 Å². The average Bonchev–Trinajstić information content (AvgIpc) is 3.34. The largest absolute Gasteiger partial charge is 0.481 e. The molecule has 1 amide bonds. The van der Waals surface area contributed by atoms with E-state index in [9.17, 15) is 27.9 Å². The number of unbranched alkanes of at least 4 members (excludes halogenated alkanes) is 1. The molecule has 1 saturated heterocycles. The Morgan fingerprint density at radius 2 is 1.60 bits per heavy atom. The van der Waals surface area contributed by atoms with Crippen molar-refractivity contribution < 1.29 is 27.9 Å². The van der Waals surface area contributed by atoms with E-state index in [4.69, 9.17) is 0 Å². The zero-order valence-electron chi connectivity index (χ0n) is 25.0. The highest BCUT2D eigenvalue weighted by atomic mass is 19.4. The van der Waals surface area contributed by atoms with Gasteiger partial charge in [0.05, 0.1) is 5.56 Å². The summed E-state index contributed by atoms with van der Waals surface area (Å²) in [5, 5.41) is 13.7. The van der Waals surface area contributed by atoms with E-state index >= 15 is 0 Å². The molecule has 2 N–H and O–H groups in total. The molecule has 0 aromatic heterocycles. The number of piperidine rings is 1. The average molecular weight is 615 g/mol. The second-order valence-corrected chi connectivity index (χ2v) is 12.3. The molecular formula is C37H37F3N2O3. The predicted molar refractivity (Wildman–Crippen MR) is 169 cm³/mol. The zero-order chi connectivity index (χ0) is 31.6. The number of rotatable bonds is 9. The molecule has 0 saturated carbocycles. The van der Waals surface area contributed by atoms with Gasteiger partial charge in [0.2, 0.25) is 0 Å². The molecule has 0 radical (unpaired) electrons. The number of likely N-dealkylation sites (tertiary alicyclic amines) is 1. The first-order chi connectivity index (χ1) is 21.7. The lowest BCUT2D eigenvalue weighted by Gasteiger charge is -2.34. The number of amides is 1. The number of hydrogen-bond acceptors (Lipinski definition) is 3. The number of fused-ring (bicyclic) bond motifs is 3. The van der Waals surface area contributed by atoms with Crippen LogP contribution in [0.5, 0.6) is 0 Å². The third kappa shape index (κ3) is 6.08. The lowest BCUT2D eigenvalue weighted by Crippen LogP contribution is -2.45. The number of aliphatic carboxylic acids is 1. The van der Waals surface area contributed by atoms with Gasteiger partial charge in [-0.3, -0.25) is 9.59 Å². The van der Waals surface area contributed by atoms with Crippen molar-refractivity contribution in [3.63, 3.8) is 0 Å². The normalized spacial score (nSPS) is 21.6. The van der Waals surface area contributed by atoms with Gasteiger partial charge in [-0.05, 0) is 84.7 Å². The Hall–Kier alpha value is -4.17. The summed E-state index contributed by atoms with van der Waals surface area (Å²) in [6.45, 7) is 2.54. The minimum absolute atomic E-state index is 0.00393. The maximum Gasteiger partial charge on any atom is 0.416 e. The van der Waals surface area contributed by atoms with Gasteiger partial charge in [0.25, 0.3) is 5.91 Å². The third-order valence-electron chi connectivity index (χ3n) is 9.77. The van der Waals surface area contributed by atoms with Gasteiger partial charge in [0, 0.05) is 30.6 Å². The van der Waals surface area contributed by atoms with Crippen molar-refractivity contribution in [1.29, 1.82) is 0 Å². The first-order valence-electron chi connectivity index (χ1n) is 15.7. The fourth-order valence-corrected chi connectivity index (χ4v) is 7.44. The first-order valence-corrected chi connectivity index (χ1v) is 15.7. The Kier molecular flexibility index (Phi) is 8.69. The van der Waals surface area contributed by atoms with Gasteiger partial charge < -0.3 is 15.3 Å². The molecule has 45 heavy (non-hydrogen) atoms. The van der Waals surface area contributed by atoms with Crippen LogP contribution in [0.3, 0.4) is 0 Å². The van der Waals surface area contributed by atoms with Crippen LogP contribution in [-0.2, 0) is 16.4 Å². The first kappa shape index (κ1) is 30.8. The molecule has 0 spiro atoms. The van der Waals surface area contributed by atoms with Gasteiger partial charge >= 0.3 is 12.1 Å². The van der Waals surface area contributed by atoms with Gasteiger partial charge in [-0.1, -0.05) is 79.2 Å². The van der Waals surface area contributed by atoms with E-state index in [0.29, 0.717) is 23.1 Å². The van der Waals surface area contributed by atoms with E-state index in [-0.39, 0.29) is 17.9 Å². The minimum atomic E-state index is -4.42.